The fourth-order valence-corrected chi connectivity index (χ4v) is 0.630. The minimum absolute atomic E-state index is 1.21. The van der Waals surface area contributed by atoms with Crippen LogP contribution < -0.4 is 0 Å². The van der Waals surface area contributed by atoms with Crippen molar-refractivity contribution in [1.29, 1.82) is 0 Å². The average Bonchev–Trinajstić information content (AvgIpc) is 1.81. The quantitative estimate of drug-likeness (QED) is 0.489. The molecule has 0 rings (SSSR count). The Hall–Kier alpha value is -0.260. The van der Waals surface area contributed by atoms with Gasteiger partial charge in [-0.15, -0.1) is 0 Å². The van der Waals surface area contributed by atoms with Gasteiger partial charge in [-0.3, -0.25) is 0 Å². The van der Waals surface area contributed by atoms with Crippen molar-refractivity contribution in [3.63, 3.8) is 0 Å². The second-order valence-electron chi connectivity index (χ2n) is 1.97. The lowest BCUT2D eigenvalue weighted by Crippen LogP contribution is -1.68. The van der Waals surface area contributed by atoms with Gasteiger partial charge < -0.3 is 0 Å². The summed E-state index contributed by atoms with van der Waals surface area (Å²) in [6.45, 7) is 5.82. The molecule has 0 saturated carbocycles. The topological polar surface area (TPSA) is 0 Å². The molecule has 47 valence electrons. The molecule has 0 atom stereocenters. The van der Waals surface area contributed by atoms with Gasteiger partial charge in [0.25, 0.3) is 0 Å². The van der Waals surface area contributed by atoms with E-state index in [0.29, 0.717) is 0 Å². The van der Waals surface area contributed by atoms with Gasteiger partial charge in [-0.05, 0) is 19.8 Å². The van der Waals surface area contributed by atoms with Gasteiger partial charge in [0, 0.05) is 0 Å². The molecule has 0 fully saturated rings. The number of unbranched alkanes of at least 4 members (excludes halogenated alkanes) is 3. The lowest BCUT2D eigenvalue weighted by Gasteiger charge is -1.88. The molecule has 0 aromatic heterocycles. The van der Waals surface area contributed by atoms with E-state index in [0.717, 1.165) is 0 Å². The van der Waals surface area contributed by atoms with Crippen LogP contribution in [0.15, 0.2) is 12.2 Å². The van der Waals surface area contributed by atoms with Gasteiger partial charge in [-0.1, -0.05) is 31.9 Å². The number of hydrogen-bond acceptors (Lipinski definition) is 0. The van der Waals surface area contributed by atoms with E-state index in [1.807, 2.05) is 6.08 Å². The van der Waals surface area contributed by atoms with Gasteiger partial charge in [-0.2, -0.15) is 0 Å². The molecule has 0 heteroatoms. The van der Waals surface area contributed by atoms with Crippen molar-refractivity contribution < 1.29 is 0 Å². The lowest BCUT2D eigenvalue weighted by molar-refractivity contribution is 0.729. The van der Waals surface area contributed by atoms with Crippen LogP contribution in [0.1, 0.15) is 32.6 Å². The molecule has 0 N–H and O–H groups in total. The maximum atomic E-state index is 3.60. The van der Waals surface area contributed by atoms with Gasteiger partial charge in [-0.25, -0.2) is 0 Å². The summed E-state index contributed by atoms with van der Waals surface area (Å²) in [5.74, 6) is 0. The van der Waals surface area contributed by atoms with Crippen molar-refractivity contribution in [3.8, 4) is 0 Å². The first-order valence-corrected chi connectivity index (χ1v) is 3.36. The van der Waals surface area contributed by atoms with E-state index in [4.69, 9.17) is 0 Å². The van der Waals surface area contributed by atoms with Gasteiger partial charge in [0.2, 0.25) is 0 Å². The third-order valence-electron chi connectivity index (χ3n) is 1.14. The van der Waals surface area contributed by atoms with E-state index in [2.05, 4.69) is 19.9 Å². The molecule has 1 radical (unpaired) electrons. The number of hydrogen-bond donors (Lipinski definition) is 0. The van der Waals surface area contributed by atoms with Gasteiger partial charge in [0.15, 0.2) is 0 Å². The smallest absolute Gasteiger partial charge is 0.0316 e. The molecular weight excluding hydrogens is 96.1 g/mol. The molecule has 0 unspecified atom stereocenters. The number of allylic oxidation sites excluding steroid dienone is 2. The minimum atomic E-state index is 1.21. The Labute approximate surface area is 52.6 Å². The van der Waals surface area contributed by atoms with Crippen molar-refractivity contribution >= 4 is 0 Å². The molecule has 0 heterocycles. The van der Waals surface area contributed by atoms with Crippen LogP contribution >= 0.6 is 0 Å². The molecule has 0 nitrogen and oxygen atoms in total. The first-order chi connectivity index (χ1) is 3.91. The van der Waals surface area contributed by atoms with Crippen LogP contribution in [0.5, 0.6) is 0 Å². The summed E-state index contributed by atoms with van der Waals surface area (Å²) in [6.07, 6.45) is 9.18. The Morgan fingerprint density at radius 2 is 2.12 bits per heavy atom. The Morgan fingerprint density at radius 3 is 2.62 bits per heavy atom. The molecule has 0 bridgehead atoms. The lowest BCUT2D eigenvalue weighted by atomic mass is 10.2. The monoisotopic (exact) mass is 111 g/mol. The van der Waals surface area contributed by atoms with Crippen LogP contribution in [0, 0.1) is 6.92 Å². The van der Waals surface area contributed by atoms with Gasteiger partial charge >= 0.3 is 0 Å². The maximum Gasteiger partial charge on any atom is -0.0316 e. The molecule has 0 aromatic rings. The summed E-state index contributed by atoms with van der Waals surface area (Å²) in [5.41, 5.74) is 0. The van der Waals surface area contributed by atoms with Crippen LogP contribution in [0.4, 0.5) is 0 Å². The Morgan fingerprint density at radius 1 is 1.38 bits per heavy atom. The zero-order valence-corrected chi connectivity index (χ0v) is 5.69. The van der Waals surface area contributed by atoms with E-state index in [1.165, 1.54) is 25.7 Å². The normalized spacial score (nSPS) is 10.8. The fourth-order valence-electron chi connectivity index (χ4n) is 0.630. The highest BCUT2D eigenvalue weighted by Crippen LogP contribution is 1.98. The maximum absolute atomic E-state index is 3.60. The third kappa shape index (κ3) is 5.74. The van der Waals surface area contributed by atoms with Crippen LogP contribution in [0.3, 0.4) is 0 Å². The van der Waals surface area contributed by atoms with Crippen molar-refractivity contribution in [1.82, 2.24) is 0 Å². The molecule has 0 spiro atoms. The summed E-state index contributed by atoms with van der Waals surface area (Å²) in [6, 6.07) is 0. The zero-order valence-electron chi connectivity index (χ0n) is 5.69. The molecule has 0 saturated heterocycles. The van der Waals surface area contributed by atoms with Crippen LogP contribution in [-0.4, -0.2) is 0 Å². The SMILES string of the molecule is [CH2]/C=C/CCCCC. The Balaban J connectivity index is 2.72. The van der Waals surface area contributed by atoms with Crippen LogP contribution in [-0.2, 0) is 0 Å². The third-order valence-corrected chi connectivity index (χ3v) is 1.14. The summed E-state index contributed by atoms with van der Waals surface area (Å²) < 4.78 is 0. The van der Waals surface area contributed by atoms with E-state index in [9.17, 15) is 0 Å². The second-order valence-corrected chi connectivity index (χ2v) is 1.97. The van der Waals surface area contributed by atoms with E-state index in [-0.39, 0.29) is 0 Å². The predicted octanol–water partition coefficient (Wildman–Crippen LogP) is 2.96. The van der Waals surface area contributed by atoms with E-state index < -0.39 is 0 Å². The van der Waals surface area contributed by atoms with Crippen LogP contribution in [0.2, 0.25) is 0 Å². The Bertz CT molecular complexity index is 53.1. The molecule has 0 aromatic carbocycles. The summed E-state index contributed by atoms with van der Waals surface area (Å²) in [4.78, 5) is 0. The van der Waals surface area contributed by atoms with E-state index in [1.54, 1.807) is 0 Å². The van der Waals surface area contributed by atoms with Gasteiger partial charge in [0.05, 0.1) is 0 Å². The van der Waals surface area contributed by atoms with Gasteiger partial charge in [0.1, 0.15) is 0 Å². The number of rotatable bonds is 4. The van der Waals surface area contributed by atoms with E-state index >= 15 is 0 Å². The molecule has 0 amide bonds. The van der Waals surface area contributed by atoms with Crippen molar-refractivity contribution in [2.24, 2.45) is 0 Å². The van der Waals surface area contributed by atoms with Crippen LogP contribution in [0.25, 0.3) is 0 Å². The molecule has 0 aliphatic carbocycles. The standard InChI is InChI=1S/C8H15/c1-3-5-7-8-6-4-2/h3,5H,1,4,6-8H2,2H3/b5-3+. The van der Waals surface area contributed by atoms with Crippen molar-refractivity contribution in [3.05, 3.63) is 19.1 Å². The molecule has 8 heavy (non-hydrogen) atoms. The van der Waals surface area contributed by atoms with Crippen molar-refractivity contribution in [2.75, 3.05) is 0 Å². The highest BCUT2D eigenvalue weighted by atomic mass is 13.8. The minimum Gasteiger partial charge on any atom is -0.0885 e. The first-order valence-electron chi connectivity index (χ1n) is 3.36. The molecule has 0 aliphatic heterocycles. The highest BCUT2D eigenvalue weighted by Gasteiger charge is 1.78. The van der Waals surface area contributed by atoms with Crippen molar-refractivity contribution in [2.45, 2.75) is 32.6 Å². The Kier molecular flexibility index (Phi) is 6.52. The first kappa shape index (κ1) is 7.74. The zero-order chi connectivity index (χ0) is 6.24. The summed E-state index contributed by atoms with van der Waals surface area (Å²) >= 11 is 0. The highest BCUT2D eigenvalue weighted by molar-refractivity contribution is 4.83. The molecular formula is C8H15. The summed E-state index contributed by atoms with van der Waals surface area (Å²) in [5, 5.41) is 0. The average molecular weight is 111 g/mol. The largest absolute Gasteiger partial charge is 0.0885 e. The molecule has 0 aliphatic rings. The summed E-state index contributed by atoms with van der Waals surface area (Å²) in [7, 11) is 0. The predicted molar refractivity (Wildman–Crippen MR) is 38.6 cm³/mol. The second kappa shape index (κ2) is 6.74. The fraction of sp³-hybridized carbons (Fsp3) is 0.625.